The molecular formula is C22H18F6N4O. The Morgan fingerprint density at radius 1 is 0.909 bits per heavy atom. The minimum absolute atomic E-state index is 0.0521. The van der Waals surface area contributed by atoms with Gasteiger partial charge in [0.1, 0.15) is 0 Å². The first-order valence-corrected chi connectivity index (χ1v) is 10.4. The van der Waals surface area contributed by atoms with Crippen LogP contribution in [-0.4, -0.2) is 38.5 Å². The second-order valence-corrected chi connectivity index (χ2v) is 8.65. The van der Waals surface area contributed by atoms with Crippen molar-refractivity contribution in [3.8, 4) is 0 Å². The van der Waals surface area contributed by atoms with Gasteiger partial charge in [0.15, 0.2) is 5.65 Å². The maximum absolute atomic E-state index is 13.4. The van der Waals surface area contributed by atoms with Crippen LogP contribution in [0.5, 0.6) is 0 Å². The molecule has 2 aromatic heterocycles. The van der Waals surface area contributed by atoms with Gasteiger partial charge in [-0.3, -0.25) is 9.20 Å². The minimum atomic E-state index is -4.54. The Bertz CT molecular complexity index is 1200. The van der Waals surface area contributed by atoms with Crippen molar-refractivity contribution in [2.45, 2.75) is 31.1 Å². The summed E-state index contributed by atoms with van der Waals surface area (Å²) in [5.41, 5.74) is -1.30. The first kappa shape index (κ1) is 21.7. The van der Waals surface area contributed by atoms with E-state index in [1.807, 2.05) is 0 Å². The number of nitrogens with zero attached hydrogens (tertiary/aromatic N) is 4. The Morgan fingerprint density at radius 3 is 2.21 bits per heavy atom. The number of likely N-dealkylation sites (tertiary alicyclic amines) is 1. The lowest BCUT2D eigenvalue weighted by molar-refractivity contribution is -0.138. The third-order valence-corrected chi connectivity index (χ3v) is 6.67. The van der Waals surface area contributed by atoms with Gasteiger partial charge in [0.25, 0.3) is 5.91 Å². The van der Waals surface area contributed by atoms with Crippen molar-refractivity contribution in [2.75, 3.05) is 13.1 Å². The summed E-state index contributed by atoms with van der Waals surface area (Å²) in [6.07, 6.45) is -6.76. The van der Waals surface area contributed by atoms with Crippen molar-refractivity contribution in [1.82, 2.24) is 19.5 Å². The first-order valence-electron chi connectivity index (χ1n) is 10.4. The first-order chi connectivity index (χ1) is 15.5. The fourth-order valence-electron chi connectivity index (χ4n) is 5.19. The predicted octanol–water partition coefficient (Wildman–Crippen LogP) is 5.03. The van der Waals surface area contributed by atoms with Crippen LogP contribution < -0.4 is 0 Å². The Morgan fingerprint density at radius 2 is 1.58 bits per heavy atom. The van der Waals surface area contributed by atoms with Crippen molar-refractivity contribution in [1.29, 1.82) is 0 Å². The molecule has 174 valence electrons. The molecule has 0 unspecified atom stereocenters. The van der Waals surface area contributed by atoms with Crippen LogP contribution in [0.1, 0.15) is 46.1 Å². The van der Waals surface area contributed by atoms with Crippen LogP contribution in [0.2, 0.25) is 0 Å². The lowest BCUT2D eigenvalue weighted by Gasteiger charge is -2.21. The zero-order valence-electron chi connectivity index (χ0n) is 17.1. The van der Waals surface area contributed by atoms with Crippen molar-refractivity contribution < 1.29 is 31.1 Å². The smallest absolute Gasteiger partial charge is 0.335 e. The van der Waals surface area contributed by atoms with Crippen molar-refractivity contribution in [3.05, 3.63) is 65.1 Å². The number of benzene rings is 1. The van der Waals surface area contributed by atoms with E-state index in [0.29, 0.717) is 31.5 Å². The summed E-state index contributed by atoms with van der Waals surface area (Å²) in [4.78, 5) is 14.6. The maximum atomic E-state index is 13.4. The molecule has 11 heteroatoms. The number of rotatable bonds is 2. The number of carbonyl (C=O) groups excluding carboxylic acids is 1. The zero-order chi connectivity index (χ0) is 23.5. The fourth-order valence-corrected chi connectivity index (χ4v) is 5.19. The summed E-state index contributed by atoms with van der Waals surface area (Å²) < 4.78 is 80.2. The van der Waals surface area contributed by atoms with Gasteiger partial charge in [-0.05, 0) is 54.4 Å². The van der Waals surface area contributed by atoms with Gasteiger partial charge in [-0.15, -0.1) is 10.2 Å². The molecule has 1 aromatic carbocycles. The minimum Gasteiger partial charge on any atom is -0.335 e. The standard InChI is InChI=1S/C22H18F6N4O/c23-21(24,25)15-5-6-32-18(9-15)29-30-19(32)20(33)31-10-13-7-12(8-14(13)11-31)16-3-1-2-4-17(16)22(26,27)28/h1-6,9,12-14H,7-8,10-11H2/t12-,13+,14-. The summed E-state index contributed by atoms with van der Waals surface area (Å²) in [6, 6.07) is 7.28. The van der Waals surface area contributed by atoms with Gasteiger partial charge in [-0.2, -0.15) is 26.3 Å². The molecule has 1 saturated carbocycles. The molecule has 3 atom stereocenters. The van der Waals surface area contributed by atoms with Crippen molar-refractivity contribution in [2.24, 2.45) is 11.8 Å². The van der Waals surface area contributed by atoms with Gasteiger partial charge in [0.05, 0.1) is 11.1 Å². The third kappa shape index (κ3) is 3.83. The molecule has 1 aliphatic carbocycles. The van der Waals surface area contributed by atoms with Gasteiger partial charge < -0.3 is 4.90 Å². The lowest BCUT2D eigenvalue weighted by atomic mass is 9.91. The van der Waals surface area contributed by atoms with Gasteiger partial charge in [-0.25, -0.2) is 0 Å². The number of aromatic nitrogens is 3. The zero-order valence-corrected chi connectivity index (χ0v) is 17.1. The summed E-state index contributed by atoms with van der Waals surface area (Å²) in [7, 11) is 0. The van der Waals surface area contributed by atoms with E-state index in [4.69, 9.17) is 0 Å². The van der Waals surface area contributed by atoms with E-state index < -0.39 is 29.4 Å². The number of hydrogen-bond donors (Lipinski definition) is 0. The summed E-state index contributed by atoms with van der Waals surface area (Å²) in [5.74, 6) is -0.668. The maximum Gasteiger partial charge on any atom is 0.416 e. The van der Waals surface area contributed by atoms with Gasteiger partial charge in [0.2, 0.25) is 5.82 Å². The van der Waals surface area contributed by atoms with E-state index in [1.165, 1.54) is 16.5 Å². The molecule has 0 bridgehead atoms. The molecule has 1 amide bonds. The molecular weight excluding hydrogens is 450 g/mol. The van der Waals surface area contributed by atoms with Crippen LogP contribution >= 0.6 is 0 Å². The van der Waals surface area contributed by atoms with Crippen LogP contribution in [0.3, 0.4) is 0 Å². The molecule has 0 N–H and O–H groups in total. The lowest BCUT2D eigenvalue weighted by Crippen LogP contribution is -2.31. The molecule has 0 radical (unpaired) electrons. The SMILES string of the molecule is O=C(c1nnc2cc(C(F)(F)F)ccn12)N1C[C@H]2C[C@H](c3ccccc3C(F)(F)F)C[C@H]2C1. The quantitative estimate of drug-likeness (QED) is 0.496. The second-order valence-electron chi connectivity index (χ2n) is 8.65. The topological polar surface area (TPSA) is 50.5 Å². The van der Waals surface area contributed by atoms with E-state index >= 15 is 0 Å². The molecule has 3 heterocycles. The van der Waals surface area contributed by atoms with Gasteiger partial charge in [0, 0.05) is 19.3 Å². The highest BCUT2D eigenvalue weighted by Gasteiger charge is 2.45. The van der Waals surface area contributed by atoms with Crippen LogP contribution in [0.4, 0.5) is 26.3 Å². The monoisotopic (exact) mass is 468 g/mol. The molecule has 0 spiro atoms. The molecule has 2 aliphatic rings. The number of hydrogen-bond acceptors (Lipinski definition) is 3. The number of amides is 1. The van der Waals surface area contributed by atoms with Crippen LogP contribution in [0.25, 0.3) is 5.65 Å². The average Bonchev–Trinajstić information content (AvgIpc) is 3.44. The third-order valence-electron chi connectivity index (χ3n) is 6.67. The summed E-state index contributed by atoms with van der Waals surface area (Å²) >= 11 is 0. The largest absolute Gasteiger partial charge is 0.416 e. The highest BCUT2D eigenvalue weighted by atomic mass is 19.4. The van der Waals surface area contributed by atoms with Crippen LogP contribution in [0, 0.1) is 11.8 Å². The summed E-state index contributed by atoms with van der Waals surface area (Å²) in [5, 5.41) is 7.49. The molecule has 33 heavy (non-hydrogen) atoms. The fraction of sp³-hybridized carbons (Fsp3) is 0.409. The van der Waals surface area contributed by atoms with Crippen LogP contribution in [0.15, 0.2) is 42.6 Å². The Balaban J connectivity index is 1.32. The van der Waals surface area contributed by atoms with E-state index in [-0.39, 0.29) is 29.2 Å². The number of carbonyl (C=O) groups is 1. The van der Waals surface area contributed by atoms with E-state index in [0.717, 1.165) is 24.4 Å². The number of pyridine rings is 1. The molecule has 1 saturated heterocycles. The van der Waals surface area contributed by atoms with Crippen LogP contribution in [-0.2, 0) is 12.4 Å². The Labute approximate surface area is 184 Å². The average molecular weight is 468 g/mol. The Hall–Kier alpha value is -3.11. The van der Waals surface area contributed by atoms with E-state index in [1.54, 1.807) is 11.0 Å². The predicted molar refractivity (Wildman–Crippen MR) is 104 cm³/mol. The van der Waals surface area contributed by atoms with Gasteiger partial charge in [-0.1, -0.05) is 18.2 Å². The molecule has 5 nitrogen and oxygen atoms in total. The van der Waals surface area contributed by atoms with E-state index in [2.05, 4.69) is 10.2 Å². The number of halogens is 6. The second kappa shape index (κ2) is 7.46. The molecule has 1 aliphatic heterocycles. The van der Waals surface area contributed by atoms with Crippen molar-refractivity contribution in [3.63, 3.8) is 0 Å². The number of fused-ring (bicyclic) bond motifs is 2. The molecule has 3 aromatic rings. The highest BCUT2D eigenvalue weighted by molar-refractivity contribution is 5.91. The van der Waals surface area contributed by atoms with E-state index in [9.17, 15) is 31.1 Å². The van der Waals surface area contributed by atoms with Gasteiger partial charge >= 0.3 is 12.4 Å². The van der Waals surface area contributed by atoms with Crippen molar-refractivity contribution >= 4 is 11.6 Å². The summed E-state index contributed by atoms with van der Waals surface area (Å²) in [6.45, 7) is 0.730. The number of alkyl halides is 6. The molecule has 2 fully saturated rings. The molecule has 5 rings (SSSR count). The normalized spacial score (nSPS) is 23.3. The Kier molecular flexibility index (Phi) is 4.91. The highest BCUT2D eigenvalue weighted by Crippen LogP contribution is 2.49.